The molecule has 2 aliphatic rings. The molecule has 1 aromatic rings. The Bertz CT molecular complexity index is 670. The number of rotatable bonds is 3. The van der Waals surface area contributed by atoms with Gasteiger partial charge in [-0.05, 0) is 5.56 Å². The van der Waals surface area contributed by atoms with Gasteiger partial charge in [-0.1, -0.05) is 30.3 Å². The van der Waals surface area contributed by atoms with Gasteiger partial charge >= 0.3 is 11.9 Å². The zero-order chi connectivity index (χ0) is 15.9. The van der Waals surface area contributed by atoms with Gasteiger partial charge < -0.3 is 9.47 Å². The molecule has 2 amide bonds. The summed E-state index contributed by atoms with van der Waals surface area (Å²) in [4.78, 5) is 49.5. The van der Waals surface area contributed by atoms with E-state index in [2.05, 4.69) is 4.74 Å². The summed E-state index contributed by atoms with van der Waals surface area (Å²) >= 11 is 0. The molecule has 22 heavy (non-hydrogen) atoms. The Morgan fingerprint density at radius 2 is 2.00 bits per heavy atom. The van der Waals surface area contributed by atoms with Crippen molar-refractivity contribution in [3.63, 3.8) is 0 Å². The van der Waals surface area contributed by atoms with Gasteiger partial charge in [-0.3, -0.25) is 24.1 Å². The van der Waals surface area contributed by atoms with E-state index in [0.717, 1.165) is 17.6 Å². The maximum atomic E-state index is 12.6. The minimum Gasteiger partial charge on any atom is -0.468 e. The third-order valence-corrected chi connectivity index (χ3v) is 3.97. The molecule has 0 aromatic heterocycles. The van der Waals surface area contributed by atoms with Crippen LogP contribution < -0.4 is 0 Å². The van der Waals surface area contributed by atoms with E-state index in [1.54, 1.807) is 24.3 Å². The van der Waals surface area contributed by atoms with Crippen molar-refractivity contribution in [3.8, 4) is 0 Å². The molecule has 0 spiro atoms. The Hall–Kier alpha value is -2.70. The van der Waals surface area contributed by atoms with Crippen LogP contribution in [-0.4, -0.2) is 41.9 Å². The highest BCUT2D eigenvalue weighted by Crippen LogP contribution is 2.45. The molecular weight excluding hydrogens is 290 g/mol. The first-order chi connectivity index (χ1) is 10.5. The van der Waals surface area contributed by atoms with Gasteiger partial charge in [0.15, 0.2) is 0 Å². The summed E-state index contributed by atoms with van der Waals surface area (Å²) in [6.07, 6.45) is -1.90. The Kier molecular flexibility index (Phi) is 3.20. The second kappa shape index (κ2) is 4.94. The van der Waals surface area contributed by atoms with E-state index in [1.807, 2.05) is 6.07 Å². The Balaban J connectivity index is 1.97. The summed E-state index contributed by atoms with van der Waals surface area (Å²) in [7, 11) is 1.11. The van der Waals surface area contributed by atoms with Crippen molar-refractivity contribution >= 4 is 23.8 Å². The van der Waals surface area contributed by atoms with Crippen LogP contribution in [0.25, 0.3) is 0 Å². The van der Waals surface area contributed by atoms with Gasteiger partial charge in [0, 0.05) is 0 Å². The molecule has 2 unspecified atom stereocenters. The fourth-order valence-corrected chi connectivity index (χ4v) is 2.89. The number of likely N-dealkylation sites (tertiary alicyclic amines) is 1. The number of hydrogen-bond acceptors (Lipinski definition) is 6. The SMILES string of the molecule is COC(=O)C12CC(=O)OC1C(=O)N(Cc1ccccc1)C2=O. The molecule has 2 aliphatic heterocycles. The summed E-state index contributed by atoms with van der Waals surface area (Å²) in [5.41, 5.74) is -1.15. The highest BCUT2D eigenvalue weighted by molar-refractivity contribution is 6.21. The quantitative estimate of drug-likeness (QED) is 0.444. The van der Waals surface area contributed by atoms with Gasteiger partial charge in [0.05, 0.1) is 20.1 Å². The lowest BCUT2D eigenvalue weighted by Gasteiger charge is -2.19. The number of methoxy groups -OCH3 is 1. The van der Waals surface area contributed by atoms with Crippen LogP contribution >= 0.6 is 0 Å². The number of carbonyl (C=O) groups excluding carboxylic acids is 4. The summed E-state index contributed by atoms with van der Waals surface area (Å²) in [6, 6.07) is 8.87. The smallest absolute Gasteiger partial charge is 0.326 e. The summed E-state index contributed by atoms with van der Waals surface area (Å²) < 4.78 is 9.54. The molecule has 114 valence electrons. The van der Waals surface area contributed by atoms with E-state index in [-0.39, 0.29) is 6.54 Å². The van der Waals surface area contributed by atoms with Gasteiger partial charge in [-0.2, -0.15) is 0 Å². The van der Waals surface area contributed by atoms with Crippen molar-refractivity contribution in [1.82, 2.24) is 4.90 Å². The number of imide groups is 1. The van der Waals surface area contributed by atoms with Crippen molar-refractivity contribution in [2.45, 2.75) is 19.1 Å². The molecule has 7 nitrogen and oxygen atoms in total. The average molecular weight is 303 g/mol. The largest absolute Gasteiger partial charge is 0.468 e. The van der Waals surface area contributed by atoms with E-state index >= 15 is 0 Å². The summed E-state index contributed by atoms with van der Waals surface area (Å²) in [5.74, 6) is -3.11. The van der Waals surface area contributed by atoms with Crippen LogP contribution in [0.4, 0.5) is 0 Å². The molecule has 0 radical (unpaired) electrons. The van der Waals surface area contributed by atoms with Crippen LogP contribution in [-0.2, 0) is 35.2 Å². The first kappa shape index (κ1) is 14.2. The standard InChI is InChI=1S/C15H13NO6/c1-21-14(20)15-7-10(17)22-11(15)12(18)16(13(15)19)8-9-5-3-2-4-6-9/h2-6,11H,7-8H2,1H3. The van der Waals surface area contributed by atoms with Crippen LogP contribution in [0.5, 0.6) is 0 Å². The van der Waals surface area contributed by atoms with Crippen molar-refractivity contribution < 1.29 is 28.7 Å². The lowest BCUT2D eigenvalue weighted by atomic mass is 9.82. The third-order valence-electron chi connectivity index (χ3n) is 3.97. The monoisotopic (exact) mass is 303 g/mol. The molecule has 2 heterocycles. The second-order valence-corrected chi connectivity index (χ2v) is 5.22. The number of hydrogen-bond donors (Lipinski definition) is 0. The Labute approximate surface area is 125 Å². The molecule has 2 saturated heterocycles. The maximum Gasteiger partial charge on any atom is 0.326 e. The molecule has 0 saturated carbocycles. The first-order valence-corrected chi connectivity index (χ1v) is 6.68. The lowest BCUT2D eigenvalue weighted by molar-refractivity contribution is -0.160. The van der Waals surface area contributed by atoms with Crippen molar-refractivity contribution in [2.75, 3.05) is 7.11 Å². The van der Waals surface area contributed by atoms with Crippen LogP contribution in [0.3, 0.4) is 0 Å². The van der Waals surface area contributed by atoms with Crippen LogP contribution in [0.15, 0.2) is 30.3 Å². The van der Waals surface area contributed by atoms with Crippen molar-refractivity contribution in [1.29, 1.82) is 0 Å². The fraction of sp³-hybridized carbons (Fsp3) is 0.333. The molecule has 2 fully saturated rings. The zero-order valence-corrected chi connectivity index (χ0v) is 11.8. The molecule has 3 rings (SSSR count). The van der Waals surface area contributed by atoms with Gasteiger partial charge in [0.2, 0.25) is 11.5 Å². The van der Waals surface area contributed by atoms with E-state index in [1.165, 1.54) is 0 Å². The minimum atomic E-state index is -1.88. The van der Waals surface area contributed by atoms with E-state index in [9.17, 15) is 19.2 Å². The van der Waals surface area contributed by atoms with Crippen molar-refractivity contribution in [3.05, 3.63) is 35.9 Å². The number of carbonyl (C=O) groups is 4. The normalized spacial score (nSPS) is 26.9. The van der Waals surface area contributed by atoms with E-state index in [0.29, 0.717) is 0 Å². The number of amides is 2. The summed E-state index contributed by atoms with van der Waals surface area (Å²) in [5, 5.41) is 0. The first-order valence-electron chi connectivity index (χ1n) is 6.68. The number of nitrogens with zero attached hydrogens (tertiary/aromatic N) is 1. The zero-order valence-electron chi connectivity index (χ0n) is 11.8. The number of esters is 2. The fourth-order valence-electron chi connectivity index (χ4n) is 2.89. The van der Waals surface area contributed by atoms with Crippen molar-refractivity contribution in [2.24, 2.45) is 5.41 Å². The van der Waals surface area contributed by atoms with Gasteiger partial charge in [0.25, 0.3) is 11.8 Å². The van der Waals surface area contributed by atoms with Crippen LogP contribution in [0.2, 0.25) is 0 Å². The molecule has 0 bridgehead atoms. The molecule has 2 atom stereocenters. The number of fused-ring (bicyclic) bond motifs is 1. The predicted octanol–water partition coefficient (Wildman–Crippen LogP) is 0.0303. The second-order valence-electron chi connectivity index (χ2n) is 5.22. The van der Waals surface area contributed by atoms with E-state index < -0.39 is 41.7 Å². The number of ether oxygens (including phenoxy) is 2. The summed E-state index contributed by atoms with van der Waals surface area (Å²) in [6.45, 7) is 0.0191. The molecule has 7 heteroatoms. The minimum absolute atomic E-state index is 0.0191. The van der Waals surface area contributed by atoms with Crippen LogP contribution in [0.1, 0.15) is 12.0 Å². The number of benzene rings is 1. The van der Waals surface area contributed by atoms with E-state index in [4.69, 9.17) is 4.74 Å². The highest BCUT2D eigenvalue weighted by atomic mass is 16.6. The molecule has 0 aliphatic carbocycles. The predicted molar refractivity (Wildman–Crippen MR) is 70.9 cm³/mol. The maximum absolute atomic E-state index is 12.6. The van der Waals surface area contributed by atoms with Crippen LogP contribution in [0, 0.1) is 5.41 Å². The molecule has 1 aromatic carbocycles. The van der Waals surface area contributed by atoms with Gasteiger partial charge in [-0.15, -0.1) is 0 Å². The average Bonchev–Trinajstić information content (AvgIpc) is 2.97. The Morgan fingerprint density at radius 1 is 1.32 bits per heavy atom. The topological polar surface area (TPSA) is 90.0 Å². The highest BCUT2D eigenvalue weighted by Gasteiger charge is 2.71. The molecular formula is C15H13NO6. The van der Waals surface area contributed by atoms with Gasteiger partial charge in [-0.25, -0.2) is 0 Å². The van der Waals surface area contributed by atoms with Gasteiger partial charge in [0.1, 0.15) is 0 Å². The molecule has 0 N–H and O–H groups in total. The lowest BCUT2D eigenvalue weighted by Crippen LogP contribution is -2.43. The Morgan fingerprint density at radius 3 is 2.64 bits per heavy atom. The third kappa shape index (κ3) is 1.82.